The van der Waals surface area contributed by atoms with Crippen LogP contribution in [-0.2, 0) is 0 Å². The monoisotopic (exact) mass is 289 g/mol. The maximum Gasteiger partial charge on any atom is 0.126 e. The Morgan fingerprint density at radius 2 is 2.24 bits per heavy atom. The molecule has 1 aliphatic heterocycles. The fraction of sp³-hybridized carbons (Fsp3) is 0.588. The first-order valence-corrected chi connectivity index (χ1v) is 7.89. The van der Waals surface area contributed by atoms with E-state index in [9.17, 15) is 5.11 Å². The van der Waals surface area contributed by atoms with Crippen molar-refractivity contribution in [3.63, 3.8) is 0 Å². The van der Waals surface area contributed by atoms with Gasteiger partial charge in [0.25, 0.3) is 0 Å². The molecule has 0 bridgehead atoms. The molecule has 0 amide bonds. The second-order valence-corrected chi connectivity index (χ2v) is 5.90. The highest BCUT2D eigenvalue weighted by atomic mass is 16.3. The molecule has 116 valence electrons. The molecule has 0 radical (unpaired) electrons. The Hall–Kier alpha value is -1.39. The predicted octanol–water partition coefficient (Wildman–Crippen LogP) is 2.59. The molecule has 4 nitrogen and oxygen atoms in total. The number of anilines is 1. The van der Waals surface area contributed by atoms with Gasteiger partial charge in [0.1, 0.15) is 5.82 Å². The Morgan fingerprint density at radius 1 is 1.48 bits per heavy atom. The number of pyridine rings is 1. The van der Waals surface area contributed by atoms with E-state index in [0.717, 1.165) is 56.8 Å². The Bertz CT molecular complexity index is 441. The molecule has 0 aliphatic carbocycles. The first-order chi connectivity index (χ1) is 10.2. The van der Waals surface area contributed by atoms with Crippen molar-refractivity contribution >= 4 is 5.82 Å². The molecule has 1 aliphatic rings. The Kier molecular flexibility index (Phi) is 6.21. The average molecular weight is 289 g/mol. The van der Waals surface area contributed by atoms with Crippen molar-refractivity contribution in [2.24, 2.45) is 0 Å². The second kappa shape index (κ2) is 8.15. The molecule has 1 saturated heterocycles. The van der Waals surface area contributed by atoms with Crippen LogP contribution in [0.3, 0.4) is 0 Å². The summed E-state index contributed by atoms with van der Waals surface area (Å²) in [6.07, 6.45) is 5.54. The molecule has 2 N–H and O–H groups in total. The molecule has 1 aromatic rings. The number of nitrogens with zero attached hydrogens (tertiary/aromatic N) is 2. The van der Waals surface area contributed by atoms with E-state index in [1.807, 2.05) is 31.2 Å². The minimum Gasteiger partial charge on any atom is -0.392 e. The van der Waals surface area contributed by atoms with Gasteiger partial charge in [0.2, 0.25) is 0 Å². The number of β-amino-alcohol motifs (C(OH)–C–C–N with tert-alkyl or cyclic N) is 1. The van der Waals surface area contributed by atoms with Crippen LogP contribution in [0.5, 0.6) is 0 Å². The van der Waals surface area contributed by atoms with Crippen LogP contribution in [0.4, 0.5) is 5.82 Å². The molecule has 2 heterocycles. The topological polar surface area (TPSA) is 48.4 Å². The van der Waals surface area contributed by atoms with Crippen LogP contribution in [0.2, 0.25) is 0 Å². The van der Waals surface area contributed by atoms with Gasteiger partial charge < -0.3 is 15.3 Å². The van der Waals surface area contributed by atoms with Crippen molar-refractivity contribution in [3.05, 3.63) is 36.5 Å². The van der Waals surface area contributed by atoms with Gasteiger partial charge in [-0.2, -0.15) is 0 Å². The van der Waals surface area contributed by atoms with Crippen LogP contribution < -0.4 is 5.32 Å². The van der Waals surface area contributed by atoms with Crippen molar-refractivity contribution in [1.82, 2.24) is 9.88 Å². The highest BCUT2D eigenvalue weighted by Crippen LogP contribution is 2.16. The number of rotatable bonds is 7. The number of aryl methyl sites for hydroxylation is 1. The number of nitrogens with one attached hydrogen (secondary N) is 1. The molecule has 2 rings (SSSR count). The largest absolute Gasteiger partial charge is 0.392 e. The summed E-state index contributed by atoms with van der Waals surface area (Å²) in [5, 5.41) is 13.5. The van der Waals surface area contributed by atoms with Crippen LogP contribution in [-0.4, -0.2) is 46.8 Å². The molecule has 0 spiro atoms. The lowest BCUT2D eigenvalue weighted by Gasteiger charge is -2.33. The van der Waals surface area contributed by atoms with E-state index < -0.39 is 0 Å². The van der Waals surface area contributed by atoms with Crippen LogP contribution in [0.1, 0.15) is 31.4 Å². The molecule has 0 saturated carbocycles. The van der Waals surface area contributed by atoms with Crippen LogP contribution in [0, 0.1) is 6.92 Å². The summed E-state index contributed by atoms with van der Waals surface area (Å²) in [7, 11) is 0. The average Bonchev–Trinajstić information content (AvgIpc) is 2.47. The smallest absolute Gasteiger partial charge is 0.126 e. The molecule has 0 aromatic carbocycles. The number of allylic oxidation sites excluding steroid dienone is 1. The van der Waals surface area contributed by atoms with Crippen molar-refractivity contribution in [2.45, 2.75) is 44.8 Å². The lowest BCUT2D eigenvalue weighted by atomic mass is 10.0. The van der Waals surface area contributed by atoms with E-state index in [4.69, 9.17) is 0 Å². The van der Waals surface area contributed by atoms with Crippen LogP contribution >= 0.6 is 0 Å². The van der Waals surface area contributed by atoms with Gasteiger partial charge in [0, 0.05) is 31.4 Å². The number of aliphatic hydroxyl groups excluding tert-OH is 1. The summed E-state index contributed by atoms with van der Waals surface area (Å²) in [6.45, 7) is 8.56. The summed E-state index contributed by atoms with van der Waals surface area (Å²) in [6, 6.07) is 6.56. The van der Waals surface area contributed by atoms with Gasteiger partial charge in [-0.3, -0.25) is 0 Å². The van der Waals surface area contributed by atoms with Crippen molar-refractivity contribution < 1.29 is 5.11 Å². The van der Waals surface area contributed by atoms with Gasteiger partial charge in [-0.25, -0.2) is 4.98 Å². The maximum atomic E-state index is 9.95. The number of hydrogen-bond acceptors (Lipinski definition) is 4. The van der Waals surface area contributed by atoms with Crippen LogP contribution in [0.25, 0.3) is 0 Å². The quantitative estimate of drug-likeness (QED) is 0.758. The van der Waals surface area contributed by atoms with Gasteiger partial charge in [-0.15, -0.1) is 6.58 Å². The summed E-state index contributed by atoms with van der Waals surface area (Å²) in [4.78, 5) is 6.85. The lowest BCUT2D eigenvalue weighted by molar-refractivity contribution is 0.0934. The van der Waals surface area contributed by atoms with E-state index in [1.54, 1.807) is 0 Å². The highest BCUT2D eigenvalue weighted by Gasteiger charge is 2.20. The molecule has 21 heavy (non-hydrogen) atoms. The SMILES string of the molecule is C=CCC[C@H](O)CN1CCC(Nc2cccc(C)n2)CC1. The second-order valence-electron chi connectivity index (χ2n) is 5.90. The summed E-state index contributed by atoms with van der Waals surface area (Å²) in [5.74, 6) is 0.972. The molecular formula is C17H27N3O. The van der Waals surface area contributed by atoms with E-state index in [2.05, 4.69) is 21.8 Å². The standard InChI is InChI=1S/C17H27N3O/c1-3-4-7-16(21)13-20-11-9-15(10-12-20)19-17-8-5-6-14(2)18-17/h3,5-6,8,15-16,21H,1,4,7,9-13H2,2H3,(H,18,19)/t16-/m0/s1. The molecule has 1 atom stereocenters. The third-order valence-corrected chi connectivity index (χ3v) is 4.00. The normalized spacial score (nSPS) is 18.4. The first-order valence-electron chi connectivity index (χ1n) is 7.89. The molecule has 1 aromatic heterocycles. The molecule has 0 unspecified atom stereocenters. The van der Waals surface area contributed by atoms with Crippen LogP contribution in [0.15, 0.2) is 30.9 Å². The maximum absolute atomic E-state index is 9.95. The number of aliphatic hydroxyl groups is 1. The fourth-order valence-corrected chi connectivity index (χ4v) is 2.79. The van der Waals surface area contributed by atoms with Gasteiger partial charge in [0.15, 0.2) is 0 Å². The van der Waals surface area contributed by atoms with Crippen molar-refractivity contribution in [1.29, 1.82) is 0 Å². The Balaban J connectivity index is 1.72. The first kappa shape index (κ1) is 16.0. The van der Waals surface area contributed by atoms with Gasteiger partial charge in [0.05, 0.1) is 6.10 Å². The van der Waals surface area contributed by atoms with Crippen molar-refractivity contribution in [2.75, 3.05) is 25.0 Å². The van der Waals surface area contributed by atoms with Gasteiger partial charge in [-0.05, 0) is 44.7 Å². The number of aromatic nitrogens is 1. The minimum atomic E-state index is -0.231. The molecule has 1 fully saturated rings. The summed E-state index contributed by atoms with van der Waals surface area (Å²) < 4.78 is 0. The fourth-order valence-electron chi connectivity index (χ4n) is 2.79. The third-order valence-electron chi connectivity index (χ3n) is 4.00. The zero-order chi connectivity index (χ0) is 15.1. The van der Waals surface area contributed by atoms with E-state index in [0.29, 0.717) is 6.04 Å². The Morgan fingerprint density at radius 3 is 2.90 bits per heavy atom. The summed E-state index contributed by atoms with van der Waals surface area (Å²) >= 11 is 0. The third kappa shape index (κ3) is 5.48. The van der Waals surface area contributed by atoms with E-state index in [1.165, 1.54) is 0 Å². The summed E-state index contributed by atoms with van der Waals surface area (Å²) in [5.41, 5.74) is 1.04. The number of likely N-dealkylation sites (tertiary alicyclic amines) is 1. The van der Waals surface area contributed by atoms with E-state index in [-0.39, 0.29) is 6.10 Å². The molecular weight excluding hydrogens is 262 g/mol. The van der Waals surface area contributed by atoms with Gasteiger partial charge >= 0.3 is 0 Å². The minimum absolute atomic E-state index is 0.231. The lowest BCUT2D eigenvalue weighted by Crippen LogP contribution is -2.42. The number of hydrogen-bond donors (Lipinski definition) is 2. The highest BCUT2D eigenvalue weighted by molar-refractivity contribution is 5.36. The van der Waals surface area contributed by atoms with E-state index >= 15 is 0 Å². The van der Waals surface area contributed by atoms with Crippen molar-refractivity contribution in [3.8, 4) is 0 Å². The number of piperidine rings is 1. The van der Waals surface area contributed by atoms with Gasteiger partial charge in [-0.1, -0.05) is 12.1 Å². The zero-order valence-electron chi connectivity index (χ0n) is 13.0. The predicted molar refractivity (Wildman–Crippen MR) is 87.5 cm³/mol. The molecule has 4 heteroatoms. The Labute approximate surface area is 127 Å². The zero-order valence-corrected chi connectivity index (χ0v) is 13.0.